The van der Waals surface area contributed by atoms with Crippen LogP contribution in [0.2, 0.25) is 0 Å². The molecule has 3 aliphatic heterocycles. The summed E-state index contributed by atoms with van der Waals surface area (Å²) in [6.07, 6.45) is 0.675. The first-order chi connectivity index (χ1) is 14.4. The zero-order valence-corrected chi connectivity index (χ0v) is 17.5. The molecule has 0 saturated carbocycles. The van der Waals surface area contributed by atoms with E-state index in [0.29, 0.717) is 18.5 Å². The van der Waals surface area contributed by atoms with Crippen molar-refractivity contribution in [3.8, 4) is 0 Å². The standard InChI is InChI=1S/C22H28N2O6/c1-4-29-21(28)15-14-8-9-22(30-14)16(15)20(27)24(10-11-25)18(22)19(26)23-17-12(2)6-5-7-13(17)3/h5-7,14-16,18,25H,4,8-11H2,1-3H3,(H,23,26)/t14-,15+,16+,18-,22+/m1/s1. The molecule has 8 nitrogen and oxygen atoms in total. The second-order valence-electron chi connectivity index (χ2n) is 8.32. The van der Waals surface area contributed by atoms with Crippen LogP contribution in [0.1, 0.15) is 30.9 Å². The third kappa shape index (κ3) is 2.93. The number of rotatable bonds is 6. The van der Waals surface area contributed by atoms with Crippen LogP contribution in [0.15, 0.2) is 18.2 Å². The molecule has 1 aromatic rings. The van der Waals surface area contributed by atoms with E-state index in [9.17, 15) is 19.5 Å². The van der Waals surface area contributed by atoms with Crippen LogP contribution in [0.25, 0.3) is 0 Å². The van der Waals surface area contributed by atoms with Gasteiger partial charge in [0.05, 0.1) is 31.2 Å². The lowest BCUT2D eigenvalue weighted by Gasteiger charge is -2.33. The van der Waals surface area contributed by atoms with Gasteiger partial charge in [0.25, 0.3) is 0 Å². The molecule has 2 amide bonds. The number of anilines is 1. The summed E-state index contributed by atoms with van der Waals surface area (Å²) >= 11 is 0. The van der Waals surface area contributed by atoms with Crippen LogP contribution < -0.4 is 5.32 Å². The van der Waals surface area contributed by atoms with E-state index in [1.807, 2.05) is 32.0 Å². The molecule has 0 aliphatic carbocycles. The summed E-state index contributed by atoms with van der Waals surface area (Å²) in [4.78, 5) is 40.8. The number of para-hydroxylation sites is 1. The van der Waals surface area contributed by atoms with Gasteiger partial charge in [-0.25, -0.2) is 0 Å². The number of benzene rings is 1. The monoisotopic (exact) mass is 416 g/mol. The second-order valence-corrected chi connectivity index (χ2v) is 8.32. The first-order valence-corrected chi connectivity index (χ1v) is 10.5. The van der Waals surface area contributed by atoms with Crippen LogP contribution in [0, 0.1) is 25.7 Å². The van der Waals surface area contributed by atoms with Gasteiger partial charge in [-0.3, -0.25) is 14.4 Å². The van der Waals surface area contributed by atoms with Crippen molar-refractivity contribution in [2.24, 2.45) is 11.8 Å². The van der Waals surface area contributed by atoms with Crippen LogP contribution >= 0.6 is 0 Å². The number of fused-ring (bicyclic) bond motifs is 1. The van der Waals surface area contributed by atoms with Crippen molar-refractivity contribution in [1.82, 2.24) is 4.90 Å². The summed E-state index contributed by atoms with van der Waals surface area (Å²) < 4.78 is 11.4. The molecule has 162 valence electrons. The predicted octanol–water partition coefficient (Wildman–Crippen LogP) is 1.17. The van der Waals surface area contributed by atoms with E-state index in [1.54, 1.807) is 6.92 Å². The number of esters is 1. The van der Waals surface area contributed by atoms with Gasteiger partial charge < -0.3 is 24.8 Å². The molecule has 2 bridgehead atoms. The lowest BCUT2D eigenvalue weighted by molar-refractivity contribution is -0.154. The minimum absolute atomic E-state index is 0.00545. The summed E-state index contributed by atoms with van der Waals surface area (Å²) in [7, 11) is 0. The van der Waals surface area contributed by atoms with E-state index >= 15 is 0 Å². The molecule has 5 atom stereocenters. The number of aryl methyl sites for hydroxylation is 2. The number of carbonyl (C=O) groups excluding carboxylic acids is 3. The number of amides is 2. The van der Waals surface area contributed by atoms with Gasteiger partial charge in [-0.15, -0.1) is 0 Å². The molecule has 3 aliphatic rings. The van der Waals surface area contributed by atoms with Crippen molar-refractivity contribution >= 4 is 23.5 Å². The Morgan fingerprint density at radius 1 is 1.33 bits per heavy atom. The largest absolute Gasteiger partial charge is 0.466 e. The Hall–Kier alpha value is -2.45. The van der Waals surface area contributed by atoms with Crippen LogP contribution in [-0.4, -0.2) is 65.3 Å². The van der Waals surface area contributed by atoms with Crippen molar-refractivity contribution in [2.75, 3.05) is 25.1 Å². The molecule has 8 heteroatoms. The van der Waals surface area contributed by atoms with Gasteiger partial charge in [-0.1, -0.05) is 18.2 Å². The van der Waals surface area contributed by atoms with Crippen molar-refractivity contribution in [2.45, 2.75) is 51.4 Å². The summed E-state index contributed by atoms with van der Waals surface area (Å²) in [6, 6.07) is 4.82. The normalized spacial score (nSPS) is 31.7. The van der Waals surface area contributed by atoms with Crippen molar-refractivity contribution in [3.63, 3.8) is 0 Å². The zero-order chi connectivity index (χ0) is 21.6. The number of aliphatic hydroxyl groups is 1. The molecule has 3 saturated heterocycles. The molecule has 3 heterocycles. The van der Waals surface area contributed by atoms with Gasteiger partial charge in [0.15, 0.2) is 0 Å². The molecule has 2 N–H and O–H groups in total. The van der Waals surface area contributed by atoms with Gasteiger partial charge >= 0.3 is 5.97 Å². The lowest BCUT2D eigenvalue weighted by Crippen LogP contribution is -2.53. The number of likely N-dealkylation sites (tertiary alicyclic amines) is 1. The average Bonchev–Trinajstić information content (AvgIpc) is 3.33. The maximum atomic E-state index is 13.5. The van der Waals surface area contributed by atoms with Crippen LogP contribution in [0.4, 0.5) is 5.69 Å². The van der Waals surface area contributed by atoms with Gasteiger partial charge in [0.2, 0.25) is 11.8 Å². The van der Waals surface area contributed by atoms with Gasteiger partial charge in [-0.05, 0) is 44.7 Å². The van der Waals surface area contributed by atoms with Crippen LogP contribution in [0.3, 0.4) is 0 Å². The molecule has 1 aromatic carbocycles. The smallest absolute Gasteiger partial charge is 0.312 e. The van der Waals surface area contributed by atoms with E-state index in [2.05, 4.69) is 5.32 Å². The van der Waals surface area contributed by atoms with E-state index in [1.165, 1.54) is 4.90 Å². The average molecular weight is 416 g/mol. The number of carbonyl (C=O) groups is 3. The third-order valence-corrected chi connectivity index (χ3v) is 6.68. The number of hydrogen-bond donors (Lipinski definition) is 2. The number of aliphatic hydroxyl groups excluding tert-OH is 1. The van der Waals surface area contributed by atoms with Crippen molar-refractivity contribution < 1.29 is 29.0 Å². The van der Waals surface area contributed by atoms with Crippen LogP contribution in [-0.2, 0) is 23.9 Å². The number of β-amino-alcohol motifs (C(OH)–C–C–N with tert-alkyl or cyclic N) is 1. The highest BCUT2D eigenvalue weighted by molar-refractivity contribution is 6.03. The summed E-state index contributed by atoms with van der Waals surface area (Å²) in [5.74, 6) is -2.63. The molecule has 0 unspecified atom stereocenters. The number of ether oxygens (including phenoxy) is 2. The topological polar surface area (TPSA) is 105 Å². The fourth-order valence-corrected chi connectivity index (χ4v) is 5.51. The maximum Gasteiger partial charge on any atom is 0.312 e. The summed E-state index contributed by atoms with van der Waals surface area (Å²) in [5.41, 5.74) is 1.45. The zero-order valence-electron chi connectivity index (χ0n) is 17.5. The third-order valence-electron chi connectivity index (χ3n) is 6.68. The molecule has 0 radical (unpaired) electrons. The Balaban J connectivity index is 1.71. The molecule has 4 rings (SSSR count). The predicted molar refractivity (Wildman–Crippen MR) is 108 cm³/mol. The summed E-state index contributed by atoms with van der Waals surface area (Å²) in [5, 5.41) is 12.5. The molecular weight excluding hydrogens is 388 g/mol. The molecule has 1 spiro atoms. The summed E-state index contributed by atoms with van der Waals surface area (Å²) in [6.45, 7) is 5.47. The van der Waals surface area contributed by atoms with E-state index < -0.39 is 35.6 Å². The van der Waals surface area contributed by atoms with E-state index in [-0.39, 0.29) is 31.6 Å². The number of nitrogens with zero attached hydrogens (tertiary/aromatic N) is 1. The lowest BCUT2D eigenvalue weighted by atomic mass is 9.70. The SMILES string of the molecule is CCOC(=O)[C@@H]1[C@H]2C(=O)N(CCO)[C@H](C(=O)Nc3c(C)cccc3C)[C@]23CC[C@H]1O3. The van der Waals surface area contributed by atoms with Gasteiger partial charge in [0.1, 0.15) is 11.6 Å². The molecular formula is C22H28N2O6. The first kappa shape index (κ1) is 20.8. The van der Waals surface area contributed by atoms with Crippen molar-refractivity contribution in [3.05, 3.63) is 29.3 Å². The van der Waals surface area contributed by atoms with Gasteiger partial charge in [-0.2, -0.15) is 0 Å². The molecule has 3 fully saturated rings. The minimum atomic E-state index is -1.07. The first-order valence-electron chi connectivity index (χ1n) is 10.5. The highest BCUT2D eigenvalue weighted by Gasteiger charge is 2.74. The van der Waals surface area contributed by atoms with Gasteiger partial charge in [0, 0.05) is 12.2 Å². The molecule has 30 heavy (non-hydrogen) atoms. The van der Waals surface area contributed by atoms with Crippen molar-refractivity contribution in [1.29, 1.82) is 0 Å². The van der Waals surface area contributed by atoms with Crippen LogP contribution in [0.5, 0.6) is 0 Å². The second kappa shape index (κ2) is 7.67. The minimum Gasteiger partial charge on any atom is -0.466 e. The Kier molecular flexibility index (Phi) is 5.32. The number of hydrogen-bond acceptors (Lipinski definition) is 6. The fraction of sp³-hybridized carbons (Fsp3) is 0.591. The highest BCUT2D eigenvalue weighted by atomic mass is 16.6. The molecule has 0 aromatic heterocycles. The fourth-order valence-electron chi connectivity index (χ4n) is 5.51. The Morgan fingerprint density at radius 3 is 2.67 bits per heavy atom. The van der Waals surface area contributed by atoms with E-state index in [4.69, 9.17) is 9.47 Å². The Labute approximate surface area is 175 Å². The Bertz CT molecular complexity index is 866. The highest BCUT2D eigenvalue weighted by Crippen LogP contribution is 2.58. The Morgan fingerprint density at radius 2 is 2.03 bits per heavy atom. The maximum absolute atomic E-state index is 13.5. The number of nitrogens with one attached hydrogen (secondary N) is 1. The quantitative estimate of drug-likeness (QED) is 0.675. The van der Waals surface area contributed by atoms with E-state index in [0.717, 1.165) is 11.1 Å².